The lowest BCUT2D eigenvalue weighted by atomic mass is 10.3. The Kier molecular flexibility index (Phi) is 5.22. The van der Waals surface area contributed by atoms with Gasteiger partial charge in [-0.3, -0.25) is 4.79 Å². The minimum absolute atomic E-state index is 0.0107. The van der Waals surface area contributed by atoms with Crippen LogP contribution in [-0.2, 0) is 14.3 Å². The lowest BCUT2D eigenvalue weighted by Gasteiger charge is -2.22. The highest BCUT2D eigenvalue weighted by Gasteiger charge is 2.22. The van der Waals surface area contributed by atoms with Gasteiger partial charge in [0.2, 0.25) is 0 Å². The lowest BCUT2D eigenvalue weighted by molar-refractivity contribution is -0.147. The second-order valence-corrected chi connectivity index (χ2v) is 3.80. The van der Waals surface area contributed by atoms with E-state index in [0.717, 1.165) is 6.42 Å². The van der Waals surface area contributed by atoms with Gasteiger partial charge in [0.15, 0.2) is 6.10 Å². The van der Waals surface area contributed by atoms with Gasteiger partial charge in [0.05, 0.1) is 25.2 Å². The number of carbonyl (C=O) groups is 1. The molecule has 1 amide bonds. The summed E-state index contributed by atoms with van der Waals surface area (Å²) in [5, 5.41) is 2.72. The Morgan fingerprint density at radius 2 is 2.43 bits per heavy atom. The van der Waals surface area contributed by atoms with Gasteiger partial charge in [-0.25, -0.2) is 0 Å². The molecule has 0 saturated carbocycles. The molecule has 1 fully saturated rings. The van der Waals surface area contributed by atoms with E-state index < -0.39 is 6.10 Å². The van der Waals surface area contributed by atoms with E-state index in [2.05, 4.69) is 5.32 Å². The van der Waals surface area contributed by atoms with Gasteiger partial charge in [-0.1, -0.05) is 6.92 Å². The molecule has 4 nitrogen and oxygen atoms in total. The van der Waals surface area contributed by atoms with Gasteiger partial charge in [-0.05, 0) is 6.42 Å². The molecule has 1 saturated heterocycles. The highest BCUT2D eigenvalue weighted by atomic mass is 35.5. The molecule has 2 atom stereocenters. The van der Waals surface area contributed by atoms with Crippen molar-refractivity contribution in [2.75, 3.05) is 26.4 Å². The van der Waals surface area contributed by atoms with Gasteiger partial charge in [-0.2, -0.15) is 0 Å². The zero-order chi connectivity index (χ0) is 10.4. The summed E-state index contributed by atoms with van der Waals surface area (Å²) in [6.45, 7) is 3.85. The predicted molar refractivity (Wildman–Crippen MR) is 53.5 cm³/mol. The number of hydrogen-bond donors (Lipinski definition) is 1. The monoisotopic (exact) mass is 221 g/mol. The molecular weight excluding hydrogens is 206 g/mol. The molecule has 0 bridgehead atoms. The third-order valence-electron chi connectivity index (χ3n) is 2.05. The molecule has 1 rings (SSSR count). The number of ether oxygens (including phenoxy) is 2. The highest BCUT2D eigenvalue weighted by molar-refractivity contribution is 6.20. The maximum Gasteiger partial charge on any atom is 0.251 e. The molecule has 0 radical (unpaired) electrons. The molecule has 0 aromatic rings. The Balaban J connectivity index is 2.19. The van der Waals surface area contributed by atoms with Gasteiger partial charge in [0.1, 0.15) is 0 Å². The van der Waals surface area contributed by atoms with Gasteiger partial charge in [0.25, 0.3) is 5.91 Å². The first-order valence-corrected chi connectivity index (χ1v) is 5.28. The molecule has 2 unspecified atom stereocenters. The normalized spacial score (nSPS) is 24.3. The fourth-order valence-electron chi connectivity index (χ4n) is 1.11. The summed E-state index contributed by atoms with van der Waals surface area (Å²) in [5.41, 5.74) is 0. The van der Waals surface area contributed by atoms with Gasteiger partial charge in [-0.15, -0.1) is 11.6 Å². The molecule has 1 heterocycles. The fourth-order valence-corrected chi connectivity index (χ4v) is 1.19. The molecule has 5 heteroatoms. The van der Waals surface area contributed by atoms with Crippen LogP contribution in [0, 0.1) is 0 Å². The van der Waals surface area contributed by atoms with Crippen molar-refractivity contribution in [3.63, 3.8) is 0 Å². The molecule has 0 spiro atoms. The maximum absolute atomic E-state index is 11.4. The average Bonchev–Trinajstić information content (AvgIpc) is 2.26. The van der Waals surface area contributed by atoms with Gasteiger partial charge < -0.3 is 14.8 Å². The predicted octanol–water partition coefficient (Wildman–Crippen LogP) is 0.535. The Bertz CT molecular complexity index is 183. The standard InChI is InChI=1S/C9H16ClNO3/c1-2-7(10)5-11-9(12)8-6-13-3-4-14-8/h7-8H,2-6H2,1H3,(H,11,12). The average molecular weight is 222 g/mol. The first-order chi connectivity index (χ1) is 6.74. The summed E-state index contributed by atoms with van der Waals surface area (Å²) in [7, 11) is 0. The Morgan fingerprint density at radius 1 is 1.64 bits per heavy atom. The minimum Gasteiger partial charge on any atom is -0.376 e. The quantitative estimate of drug-likeness (QED) is 0.705. The summed E-state index contributed by atoms with van der Waals surface area (Å²) >= 11 is 5.86. The van der Waals surface area contributed by atoms with Crippen LogP contribution < -0.4 is 5.32 Å². The molecule has 14 heavy (non-hydrogen) atoms. The minimum atomic E-state index is -0.468. The van der Waals surface area contributed by atoms with E-state index in [0.29, 0.717) is 26.4 Å². The zero-order valence-corrected chi connectivity index (χ0v) is 9.05. The Hall–Kier alpha value is -0.320. The number of hydrogen-bond acceptors (Lipinski definition) is 3. The van der Waals surface area contributed by atoms with E-state index in [1.54, 1.807) is 0 Å². The zero-order valence-electron chi connectivity index (χ0n) is 8.29. The number of amides is 1. The molecule has 1 aliphatic heterocycles. The van der Waals surface area contributed by atoms with Crippen molar-refractivity contribution in [1.82, 2.24) is 5.32 Å². The van der Waals surface area contributed by atoms with Crippen LogP contribution in [0.5, 0.6) is 0 Å². The van der Waals surface area contributed by atoms with E-state index >= 15 is 0 Å². The molecule has 0 aliphatic carbocycles. The Morgan fingerprint density at radius 3 is 3.00 bits per heavy atom. The first kappa shape index (κ1) is 11.8. The topological polar surface area (TPSA) is 47.6 Å². The van der Waals surface area contributed by atoms with Crippen LogP contribution >= 0.6 is 11.6 Å². The van der Waals surface area contributed by atoms with E-state index in [4.69, 9.17) is 21.1 Å². The van der Waals surface area contributed by atoms with Crippen molar-refractivity contribution in [2.24, 2.45) is 0 Å². The first-order valence-electron chi connectivity index (χ1n) is 4.85. The van der Waals surface area contributed by atoms with E-state index in [-0.39, 0.29) is 11.3 Å². The summed E-state index contributed by atoms with van der Waals surface area (Å²) in [4.78, 5) is 11.4. The molecule has 1 N–H and O–H groups in total. The van der Waals surface area contributed by atoms with Crippen LogP contribution in [0.1, 0.15) is 13.3 Å². The summed E-state index contributed by atoms with van der Waals surface area (Å²) < 4.78 is 10.3. The van der Waals surface area contributed by atoms with E-state index in [1.807, 2.05) is 6.92 Å². The van der Waals surface area contributed by atoms with Crippen LogP contribution in [0.3, 0.4) is 0 Å². The second kappa shape index (κ2) is 6.22. The van der Waals surface area contributed by atoms with Crippen molar-refractivity contribution in [1.29, 1.82) is 0 Å². The van der Waals surface area contributed by atoms with Crippen molar-refractivity contribution in [3.05, 3.63) is 0 Å². The van der Waals surface area contributed by atoms with E-state index in [1.165, 1.54) is 0 Å². The van der Waals surface area contributed by atoms with Crippen LogP contribution in [0.4, 0.5) is 0 Å². The molecule has 0 aromatic carbocycles. The second-order valence-electron chi connectivity index (χ2n) is 3.19. The van der Waals surface area contributed by atoms with E-state index in [9.17, 15) is 4.79 Å². The van der Waals surface area contributed by atoms with Crippen molar-refractivity contribution >= 4 is 17.5 Å². The van der Waals surface area contributed by atoms with Crippen molar-refractivity contribution in [3.8, 4) is 0 Å². The van der Waals surface area contributed by atoms with Crippen LogP contribution in [-0.4, -0.2) is 43.8 Å². The summed E-state index contributed by atoms with van der Waals surface area (Å²) in [6.07, 6.45) is 0.369. The van der Waals surface area contributed by atoms with Gasteiger partial charge in [0, 0.05) is 6.54 Å². The summed E-state index contributed by atoms with van der Waals surface area (Å²) in [5.74, 6) is -0.135. The summed E-state index contributed by atoms with van der Waals surface area (Å²) in [6, 6.07) is 0. The third-order valence-corrected chi connectivity index (χ3v) is 2.51. The maximum atomic E-state index is 11.4. The molecule has 1 aliphatic rings. The molecular formula is C9H16ClNO3. The number of alkyl halides is 1. The third kappa shape index (κ3) is 3.82. The van der Waals surface area contributed by atoms with Crippen LogP contribution in [0.2, 0.25) is 0 Å². The molecule has 82 valence electrons. The van der Waals surface area contributed by atoms with Crippen LogP contribution in [0.25, 0.3) is 0 Å². The fraction of sp³-hybridized carbons (Fsp3) is 0.889. The Labute approximate surface area is 88.9 Å². The van der Waals surface area contributed by atoms with Crippen molar-refractivity contribution in [2.45, 2.75) is 24.8 Å². The van der Waals surface area contributed by atoms with Gasteiger partial charge >= 0.3 is 0 Å². The highest BCUT2D eigenvalue weighted by Crippen LogP contribution is 2.02. The molecule has 0 aromatic heterocycles. The lowest BCUT2D eigenvalue weighted by Crippen LogP contribution is -2.44. The number of nitrogens with one attached hydrogen (secondary N) is 1. The van der Waals surface area contributed by atoms with Crippen molar-refractivity contribution < 1.29 is 14.3 Å². The SMILES string of the molecule is CCC(Cl)CNC(=O)C1COCCO1. The number of rotatable bonds is 4. The largest absolute Gasteiger partial charge is 0.376 e. The number of halogens is 1. The van der Waals surface area contributed by atoms with Crippen LogP contribution in [0.15, 0.2) is 0 Å². The smallest absolute Gasteiger partial charge is 0.251 e. The number of carbonyl (C=O) groups excluding carboxylic acids is 1.